The lowest BCUT2D eigenvalue weighted by molar-refractivity contribution is -0.131. The van der Waals surface area contributed by atoms with Gasteiger partial charge in [0.2, 0.25) is 0 Å². The highest BCUT2D eigenvalue weighted by Gasteiger charge is 2.52. The number of fused-ring (bicyclic) bond motifs is 2. The molecule has 1 aliphatic carbocycles. The van der Waals surface area contributed by atoms with Gasteiger partial charge < -0.3 is 9.88 Å². The molecule has 1 aromatic heterocycles. The van der Waals surface area contributed by atoms with Crippen molar-refractivity contribution in [3.8, 4) is 11.3 Å². The Bertz CT molecular complexity index is 1500. The Hall–Kier alpha value is -4.19. The number of imide groups is 1. The van der Waals surface area contributed by atoms with Crippen LogP contribution in [-0.2, 0) is 24.7 Å². The zero-order chi connectivity index (χ0) is 24.2. The van der Waals surface area contributed by atoms with E-state index in [-0.39, 0.29) is 18.2 Å². The van der Waals surface area contributed by atoms with Crippen molar-refractivity contribution in [2.24, 2.45) is 7.05 Å². The number of aryl methyl sites for hydroxylation is 2. The third-order valence-corrected chi connectivity index (χ3v) is 7.41. The number of amides is 3. The number of carbonyl (C=O) groups is 3. The molecule has 3 aromatic carbocycles. The molecular weight excluding hydrogens is 438 g/mol. The number of aromatic nitrogens is 1. The van der Waals surface area contributed by atoms with Gasteiger partial charge in [0.15, 0.2) is 5.78 Å². The Labute approximate surface area is 203 Å². The molecule has 6 rings (SSSR count). The molecule has 1 saturated heterocycles. The maximum atomic E-state index is 13.8. The van der Waals surface area contributed by atoms with Crippen LogP contribution in [0.3, 0.4) is 0 Å². The molecule has 174 valence electrons. The minimum atomic E-state index is -0.979. The summed E-state index contributed by atoms with van der Waals surface area (Å²) in [5.74, 6) is -0.565. The van der Waals surface area contributed by atoms with Crippen LogP contribution in [0.2, 0.25) is 0 Å². The average Bonchev–Trinajstić information content (AvgIpc) is 3.30. The molecule has 0 saturated carbocycles. The largest absolute Gasteiger partial charge is 0.343 e. The highest BCUT2D eigenvalue weighted by molar-refractivity contribution is 6.17. The number of benzene rings is 3. The molecule has 6 nitrogen and oxygen atoms in total. The van der Waals surface area contributed by atoms with E-state index in [1.165, 1.54) is 5.56 Å². The van der Waals surface area contributed by atoms with Gasteiger partial charge in [-0.3, -0.25) is 14.5 Å². The summed E-state index contributed by atoms with van der Waals surface area (Å²) in [6, 6.07) is 25.0. The number of hydrogen-bond acceptors (Lipinski definition) is 3. The average molecular weight is 464 g/mol. The first-order valence-electron chi connectivity index (χ1n) is 11.9. The van der Waals surface area contributed by atoms with Crippen LogP contribution in [0, 0.1) is 0 Å². The summed E-state index contributed by atoms with van der Waals surface area (Å²) < 4.78 is 2.00. The number of ketones is 1. The maximum absolute atomic E-state index is 13.8. The summed E-state index contributed by atoms with van der Waals surface area (Å²) in [4.78, 5) is 41.5. The Morgan fingerprint density at radius 2 is 1.60 bits per heavy atom. The molecule has 1 fully saturated rings. The first-order chi connectivity index (χ1) is 17.0. The quantitative estimate of drug-likeness (QED) is 0.358. The monoisotopic (exact) mass is 463 g/mol. The van der Waals surface area contributed by atoms with Crippen molar-refractivity contribution in [3.63, 3.8) is 0 Å². The number of para-hydroxylation sites is 1. The van der Waals surface area contributed by atoms with Gasteiger partial charge in [0.05, 0.1) is 17.8 Å². The van der Waals surface area contributed by atoms with Crippen LogP contribution in [-0.4, -0.2) is 39.3 Å². The Morgan fingerprint density at radius 1 is 0.914 bits per heavy atom. The van der Waals surface area contributed by atoms with Gasteiger partial charge in [-0.15, -0.1) is 0 Å². The van der Waals surface area contributed by atoms with Gasteiger partial charge in [0, 0.05) is 24.4 Å². The lowest BCUT2D eigenvalue weighted by Crippen LogP contribution is -2.51. The van der Waals surface area contributed by atoms with Crippen molar-refractivity contribution in [1.82, 2.24) is 14.8 Å². The second-order valence-corrected chi connectivity index (χ2v) is 9.44. The van der Waals surface area contributed by atoms with Crippen molar-refractivity contribution in [3.05, 3.63) is 95.6 Å². The Kier molecular flexibility index (Phi) is 4.85. The fourth-order valence-corrected chi connectivity index (χ4v) is 5.68. The van der Waals surface area contributed by atoms with Gasteiger partial charge >= 0.3 is 6.03 Å². The van der Waals surface area contributed by atoms with E-state index in [4.69, 9.17) is 0 Å². The summed E-state index contributed by atoms with van der Waals surface area (Å²) in [6.07, 6.45) is 1.69. The van der Waals surface area contributed by atoms with Gasteiger partial charge in [-0.05, 0) is 35.6 Å². The third kappa shape index (κ3) is 3.28. The predicted octanol–water partition coefficient (Wildman–Crippen LogP) is 4.51. The van der Waals surface area contributed by atoms with Crippen LogP contribution in [0.15, 0.2) is 78.9 Å². The lowest BCUT2D eigenvalue weighted by Gasteiger charge is -2.32. The van der Waals surface area contributed by atoms with Gasteiger partial charge in [-0.1, -0.05) is 72.8 Å². The van der Waals surface area contributed by atoms with E-state index < -0.39 is 11.6 Å². The Balaban J connectivity index is 1.36. The fourth-order valence-electron chi connectivity index (χ4n) is 5.68. The second kappa shape index (κ2) is 7.94. The molecule has 35 heavy (non-hydrogen) atoms. The summed E-state index contributed by atoms with van der Waals surface area (Å²) >= 11 is 0. The van der Waals surface area contributed by atoms with E-state index in [9.17, 15) is 14.4 Å². The SMILES string of the molecule is Cn1c(-c2ccccc2)c(C(=O)CN2C(=O)NC3(CCc4ccccc4C3)C2=O)c2ccccc21. The summed E-state index contributed by atoms with van der Waals surface area (Å²) in [5.41, 5.74) is 4.44. The first-order valence-corrected chi connectivity index (χ1v) is 11.9. The van der Waals surface area contributed by atoms with Crippen molar-refractivity contribution >= 4 is 28.6 Å². The third-order valence-electron chi connectivity index (χ3n) is 7.41. The van der Waals surface area contributed by atoms with Crippen molar-refractivity contribution in [2.75, 3.05) is 6.54 Å². The van der Waals surface area contributed by atoms with Crippen molar-refractivity contribution < 1.29 is 14.4 Å². The van der Waals surface area contributed by atoms with Crippen LogP contribution < -0.4 is 5.32 Å². The van der Waals surface area contributed by atoms with Crippen LogP contribution in [0.5, 0.6) is 0 Å². The highest BCUT2D eigenvalue weighted by Crippen LogP contribution is 2.36. The first kappa shape index (κ1) is 21.4. The zero-order valence-electron chi connectivity index (χ0n) is 19.5. The van der Waals surface area contributed by atoms with Gasteiger partial charge in [0.1, 0.15) is 5.54 Å². The molecule has 1 spiro atoms. The molecule has 1 N–H and O–H groups in total. The normalized spacial score (nSPS) is 19.3. The van der Waals surface area contributed by atoms with E-state index in [0.29, 0.717) is 24.8 Å². The van der Waals surface area contributed by atoms with E-state index in [0.717, 1.165) is 32.6 Å². The van der Waals surface area contributed by atoms with Crippen molar-refractivity contribution in [1.29, 1.82) is 0 Å². The highest BCUT2D eigenvalue weighted by atomic mass is 16.2. The minimum absolute atomic E-state index is 0.252. The van der Waals surface area contributed by atoms with Crippen molar-refractivity contribution in [2.45, 2.75) is 24.8 Å². The van der Waals surface area contributed by atoms with Gasteiger partial charge in [0.25, 0.3) is 5.91 Å². The van der Waals surface area contributed by atoms with E-state index in [1.54, 1.807) is 0 Å². The molecule has 1 atom stereocenters. The van der Waals surface area contributed by atoms with Crippen LogP contribution in [0.4, 0.5) is 4.79 Å². The maximum Gasteiger partial charge on any atom is 0.325 e. The fraction of sp³-hybridized carbons (Fsp3) is 0.207. The minimum Gasteiger partial charge on any atom is -0.343 e. The standard InChI is InChI=1S/C29H25N3O3/c1-31-23-14-8-7-13-22(23)25(26(31)20-10-3-2-4-11-20)24(33)18-32-27(34)29(30-28(32)35)16-15-19-9-5-6-12-21(19)17-29/h2-14H,15-18H2,1H3,(H,30,35). The number of urea groups is 1. The molecule has 2 heterocycles. The molecule has 1 unspecified atom stereocenters. The number of nitrogens with zero attached hydrogens (tertiary/aromatic N) is 2. The van der Waals surface area contributed by atoms with Crippen LogP contribution in [0.25, 0.3) is 22.2 Å². The summed E-state index contributed by atoms with van der Waals surface area (Å²) in [7, 11) is 1.93. The summed E-state index contributed by atoms with van der Waals surface area (Å²) in [6.45, 7) is -0.290. The van der Waals surface area contributed by atoms with Gasteiger partial charge in [-0.25, -0.2) is 4.79 Å². The predicted molar refractivity (Wildman–Crippen MR) is 134 cm³/mol. The molecule has 3 amide bonds. The topological polar surface area (TPSA) is 71.4 Å². The molecule has 0 bridgehead atoms. The smallest absolute Gasteiger partial charge is 0.325 e. The van der Waals surface area contributed by atoms with E-state index in [2.05, 4.69) is 11.4 Å². The second-order valence-electron chi connectivity index (χ2n) is 9.44. The van der Waals surface area contributed by atoms with E-state index in [1.807, 2.05) is 84.4 Å². The van der Waals surface area contributed by atoms with Gasteiger partial charge in [-0.2, -0.15) is 0 Å². The summed E-state index contributed by atoms with van der Waals surface area (Å²) in [5, 5.41) is 3.75. The number of Topliss-reactive ketones (excluding diaryl/α,β-unsaturated/α-hetero) is 1. The molecule has 4 aromatic rings. The molecule has 2 aliphatic rings. The molecular formula is C29H25N3O3. The number of carbonyl (C=O) groups excluding carboxylic acids is 3. The Morgan fingerprint density at radius 3 is 2.40 bits per heavy atom. The van der Waals surface area contributed by atoms with Crippen LogP contribution in [0.1, 0.15) is 27.9 Å². The van der Waals surface area contributed by atoms with Crippen LogP contribution >= 0.6 is 0 Å². The zero-order valence-corrected chi connectivity index (χ0v) is 19.5. The molecule has 0 radical (unpaired) electrons. The number of rotatable bonds is 4. The number of nitrogens with one attached hydrogen (secondary N) is 1. The lowest BCUT2D eigenvalue weighted by atomic mass is 9.78. The van der Waals surface area contributed by atoms with E-state index >= 15 is 0 Å². The molecule has 1 aliphatic heterocycles. The number of hydrogen-bond donors (Lipinski definition) is 1. The molecule has 6 heteroatoms.